The van der Waals surface area contributed by atoms with Crippen molar-refractivity contribution in [1.29, 1.82) is 0 Å². The minimum absolute atomic E-state index is 0.338. The van der Waals surface area contributed by atoms with Crippen LogP contribution in [0, 0.1) is 0 Å². The van der Waals surface area contributed by atoms with Crippen LogP contribution in [0.2, 0.25) is 0 Å². The first-order valence-corrected chi connectivity index (χ1v) is 5.84. The second kappa shape index (κ2) is 4.18. The Morgan fingerprint density at radius 3 is 2.60 bits per heavy atom. The fourth-order valence-corrected chi connectivity index (χ4v) is 2.17. The molecular formula is C14H18O. The van der Waals surface area contributed by atoms with E-state index in [0.29, 0.717) is 11.7 Å². The van der Waals surface area contributed by atoms with Crippen LogP contribution in [0.4, 0.5) is 0 Å². The topological polar surface area (TPSA) is 17.1 Å². The van der Waals surface area contributed by atoms with Gasteiger partial charge in [0.05, 0.1) is 0 Å². The van der Waals surface area contributed by atoms with Crippen LogP contribution in [0.15, 0.2) is 18.2 Å². The van der Waals surface area contributed by atoms with E-state index >= 15 is 0 Å². The van der Waals surface area contributed by atoms with Crippen molar-refractivity contribution in [3.63, 3.8) is 0 Å². The summed E-state index contributed by atoms with van der Waals surface area (Å²) in [7, 11) is 0. The van der Waals surface area contributed by atoms with Crippen LogP contribution in [0.1, 0.15) is 60.5 Å². The van der Waals surface area contributed by atoms with E-state index in [2.05, 4.69) is 32.0 Å². The lowest BCUT2D eigenvalue weighted by Gasteiger charge is -2.10. The third-order valence-corrected chi connectivity index (χ3v) is 3.20. The van der Waals surface area contributed by atoms with E-state index in [1.54, 1.807) is 0 Å². The van der Waals surface area contributed by atoms with Crippen LogP contribution in [0.3, 0.4) is 0 Å². The van der Waals surface area contributed by atoms with Gasteiger partial charge in [-0.1, -0.05) is 26.0 Å². The van der Waals surface area contributed by atoms with Crippen molar-refractivity contribution in [2.75, 3.05) is 0 Å². The van der Waals surface area contributed by atoms with Gasteiger partial charge in [-0.2, -0.15) is 0 Å². The van der Waals surface area contributed by atoms with Crippen molar-refractivity contribution in [3.8, 4) is 0 Å². The zero-order valence-corrected chi connectivity index (χ0v) is 9.55. The van der Waals surface area contributed by atoms with Crippen molar-refractivity contribution in [2.24, 2.45) is 0 Å². The van der Waals surface area contributed by atoms with Crippen LogP contribution in [0.5, 0.6) is 0 Å². The van der Waals surface area contributed by atoms with Crippen LogP contribution < -0.4 is 0 Å². The van der Waals surface area contributed by atoms with Gasteiger partial charge in [0.1, 0.15) is 0 Å². The zero-order chi connectivity index (χ0) is 10.8. The van der Waals surface area contributed by atoms with Gasteiger partial charge in [0.2, 0.25) is 0 Å². The molecule has 0 bridgehead atoms. The summed E-state index contributed by atoms with van der Waals surface area (Å²) in [5.41, 5.74) is 3.52. The molecule has 0 amide bonds. The SMILES string of the molecule is CC(C)c1ccc2c(c1)C(=O)CCCC2. The summed E-state index contributed by atoms with van der Waals surface area (Å²) < 4.78 is 0. The maximum Gasteiger partial charge on any atom is 0.163 e. The molecule has 1 heteroatoms. The molecule has 0 atom stereocenters. The van der Waals surface area contributed by atoms with Crippen LogP contribution >= 0.6 is 0 Å². The Kier molecular flexibility index (Phi) is 2.90. The van der Waals surface area contributed by atoms with E-state index < -0.39 is 0 Å². The molecule has 1 aliphatic carbocycles. The fourth-order valence-electron chi connectivity index (χ4n) is 2.17. The molecule has 80 valence electrons. The third kappa shape index (κ3) is 2.11. The first kappa shape index (κ1) is 10.4. The predicted octanol–water partition coefficient (Wildman–Crippen LogP) is 3.72. The van der Waals surface area contributed by atoms with Gasteiger partial charge in [0.15, 0.2) is 5.78 Å². The van der Waals surface area contributed by atoms with Gasteiger partial charge in [-0.15, -0.1) is 0 Å². The monoisotopic (exact) mass is 202 g/mol. The van der Waals surface area contributed by atoms with E-state index in [1.165, 1.54) is 11.1 Å². The molecule has 1 aromatic carbocycles. The summed E-state index contributed by atoms with van der Waals surface area (Å²) in [6.07, 6.45) is 4.00. The van der Waals surface area contributed by atoms with Gasteiger partial charge in [-0.25, -0.2) is 0 Å². The summed E-state index contributed by atoms with van der Waals surface area (Å²) >= 11 is 0. The fraction of sp³-hybridized carbons (Fsp3) is 0.500. The lowest BCUT2D eigenvalue weighted by molar-refractivity contribution is 0.0982. The number of carbonyl (C=O) groups is 1. The van der Waals surface area contributed by atoms with Crippen LogP contribution in [-0.4, -0.2) is 5.78 Å². The van der Waals surface area contributed by atoms with Crippen molar-refractivity contribution in [3.05, 3.63) is 34.9 Å². The largest absolute Gasteiger partial charge is 0.294 e. The second-order valence-electron chi connectivity index (χ2n) is 4.70. The average molecular weight is 202 g/mol. The number of benzene rings is 1. The van der Waals surface area contributed by atoms with Gasteiger partial charge < -0.3 is 0 Å². The molecule has 0 spiro atoms. The van der Waals surface area contributed by atoms with Crippen LogP contribution in [0.25, 0.3) is 0 Å². The number of Topliss-reactive ketones (excluding diaryl/α,β-unsaturated/α-hetero) is 1. The molecule has 1 aliphatic rings. The smallest absolute Gasteiger partial charge is 0.163 e. The molecule has 0 N–H and O–H groups in total. The normalized spacial score (nSPS) is 16.3. The van der Waals surface area contributed by atoms with Gasteiger partial charge in [-0.3, -0.25) is 4.79 Å². The Morgan fingerprint density at radius 1 is 1.13 bits per heavy atom. The molecule has 0 heterocycles. The molecule has 1 nitrogen and oxygen atoms in total. The number of hydrogen-bond donors (Lipinski definition) is 0. The van der Waals surface area contributed by atoms with E-state index in [0.717, 1.165) is 31.2 Å². The predicted molar refractivity (Wildman–Crippen MR) is 62.4 cm³/mol. The average Bonchev–Trinajstić information content (AvgIpc) is 2.40. The minimum atomic E-state index is 0.338. The lowest BCUT2D eigenvalue weighted by Crippen LogP contribution is -2.02. The van der Waals surface area contributed by atoms with Crippen LogP contribution in [-0.2, 0) is 6.42 Å². The Bertz CT molecular complexity index is 377. The highest BCUT2D eigenvalue weighted by Crippen LogP contribution is 2.24. The maximum atomic E-state index is 11.9. The summed E-state index contributed by atoms with van der Waals surface area (Å²) in [5.74, 6) is 0.844. The molecule has 0 unspecified atom stereocenters. The molecule has 2 rings (SSSR count). The number of rotatable bonds is 1. The van der Waals surface area contributed by atoms with E-state index in [1.807, 2.05) is 0 Å². The third-order valence-electron chi connectivity index (χ3n) is 3.20. The molecule has 0 fully saturated rings. The molecular weight excluding hydrogens is 184 g/mol. The van der Waals surface area contributed by atoms with Crippen molar-refractivity contribution >= 4 is 5.78 Å². The van der Waals surface area contributed by atoms with Crippen molar-refractivity contribution < 1.29 is 4.79 Å². The number of carbonyl (C=O) groups excluding carboxylic acids is 1. The Labute approximate surface area is 91.5 Å². The van der Waals surface area contributed by atoms with E-state index in [9.17, 15) is 4.79 Å². The molecule has 0 aliphatic heterocycles. The highest BCUT2D eigenvalue weighted by molar-refractivity contribution is 5.98. The number of hydrogen-bond acceptors (Lipinski definition) is 1. The quantitative estimate of drug-likeness (QED) is 0.634. The van der Waals surface area contributed by atoms with Gasteiger partial charge in [-0.05, 0) is 42.4 Å². The summed E-state index contributed by atoms with van der Waals surface area (Å²) in [5, 5.41) is 0. The highest BCUT2D eigenvalue weighted by atomic mass is 16.1. The first-order chi connectivity index (χ1) is 7.18. The molecule has 0 aromatic heterocycles. The standard InChI is InChI=1S/C14H18O/c1-10(2)12-8-7-11-5-3-4-6-14(15)13(11)9-12/h7-10H,3-6H2,1-2H3. The maximum absolute atomic E-state index is 11.9. The van der Waals surface area contributed by atoms with Gasteiger partial charge in [0, 0.05) is 12.0 Å². The molecule has 0 saturated heterocycles. The Balaban J connectivity index is 2.44. The number of ketones is 1. The van der Waals surface area contributed by atoms with Gasteiger partial charge >= 0.3 is 0 Å². The molecule has 15 heavy (non-hydrogen) atoms. The lowest BCUT2D eigenvalue weighted by atomic mass is 9.94. The number of fused-ring (bicyclic) bond motifs is 1. The number of aryl methyl sites for hydroxylation is 1. The molecule has 0 radical (unpaired) electrons. The first-order valence-electron chi connectivity index (χ1n) is 5.84. The van der Waals surface area contributed by atoms with Crippen molar-refractivity contribution in [1.82, 2.24) is 0 Å². The summed E-state index contributed by atoms with van der Waals surface area (Å²) in [4.78, 5) is 11.9. The van der Waals surface area contributed by atoms with E-state index in [-0.39, 0.29) is 0 Å². The molecule has 0 saturated carbocycles. The zero-order valence-electron chi connectivity index (χ0n) is 9.55. The van der Waals surface area contributed by atoms with Crippen molar-refractivity contribution in [2.45, 2.75) is 45.4 Å². The second-order valence-corrected chi connectivity index (χ2v) is 4.70. The highest BCUT2D eigenvalue weighted by Gasteiger charge is 2.16. The minimum Gasteiger partial charge on any atom is -0.294 e. The summed E-state index contributed by atoms with van der Waals surface area (Å²) in [6, 6.07) is 6.42. The Morgan fingerprint density at radius 2 is 1.87 bits per heavy atom. The Hall–Kier alpha value is -1.11. The molecule has 1 aromatic rings. The summed E-state index contributed by atoms with van der Waals surface area (Å²) in [6.45, 7) is 4.34. The van der Waals surface area contributed by atoms with Gasteiger partial charge in [0.25, 0.3) is 0 Å². The van der Waals surface area contributed by atoms with E-state index in [4.69, 9.17) is 0 Å².